The van der Waals surface area contributed by atoms with Crippen LogP contribution < -0.4 is 10.0 Å². The molecule has 0 unspecified atom stereocenters. The lowest BCUT2D eigenvalue weighted by Crippen LogP contribution is -2.12. The Morgan fingerprint density at radius 2 is 2.10 bits per heavy atom. The van der Waals surface area contributed by atoms with Crippen molar-refractivity contribution >= 4 is 49.6 Å². The van der Waals surface area contributed by atoms with Crippen molar-refractivity contribution in [1.29, 1.82) is 0 Å². The topological polar surface area (TPSA) is 58.2 Å². The number of hydrogen-bond donors (Lipinski definition) is 2. The van der Waals surface area contributed by atoms with E-state index in [1.54, 1.807) is 18.2 Å². The third-order valence-corrected chi connectivity index (χ3v) is 6.09. The summed E-state index contributed by atoms with van der Waals surface area (Å²) in [6.07, 6.45) is 0. The minimum absolute atomic E-state index is 0.337. The van der Waals surface area contributed by atoms with Gasteiger partial charge in [-0.25, -0.2) is 8.42 Å². The molecule has 1 heterocycles. The molecule has 0 radical (unpaired) electrons. The van der Waals surface area contributed by atoms with Gasteiger partial charge < -0.3 is 5.32 Å². The van der Waals surface area contributed by atoms with E-state index in [4.69, 9.17) is 0 Å². The molecule has 0 saturated carbocycles. The van der Waals surface area contributed by atoms with Crippen LogP contribution in [-0.4, -0.2) is 15.0 Å². The Balaban J connectivity index is 2.16. The molecule has 1 aromatic carbocycles. The van der Waals surface area contributed by atoms with E-state index in [1.807, 2.05) is 24.4 Å². The largest absolute Gasteiger partial charge is 0.313 e. The van der Waals surface area contributed by atoms with Crippen LogP contribution in [0.3, 0.4) is 0 Å². The highest BCUT2D eigenvalue weighted by molar-refractivity contribution is 14.1. The molecule has 20 heavy (non-hydrogen) atoms. The highest BCUT2D eigenvalue weighted by Gasteiger charge is 2.16. The van der Waals surface area contributed by atoms with E-state index in [9.17, 15) is 8.42 Å². The van der Waals surface area contributed by atoms with Crippen molar-refractivity contribution in [2.24, 2.45) is 0 Å². The molecule has 1 aromatic heterocycles. The number of rotatable bonds is 6. The van der Waals surface area contributed by atoms with Gasteiger partial charge >= 0.3 is 0 Å². The molecular formula is C13H15IN2O2S2. The summed E-state index contributed by atoms with van der Waals surface area (Å²) in [5.74, 6) is 0. The Morgan fingerprint density at radius 1 is 1.30 bits per heavy atom. The predicted octanol–water partition coefficient (Wildman–Crippen LogP) is 3.26. The molecule has 0 saturated heterocycles. The molecule has 0 bridgehead atoms. The monoisotopic (exact) mass is 422 g/mol. The Bertz CT molecular complexity index is 683. The molecular weight excluding hydrogens is 407 g/mol. The molecule has 0 fully saturated rings. The summed E-state index contributed by atoms with van der Waals surface area (Å²) in [4.78, 5) is 0. The highest BCUT2D eigenvalue weighted by atomic mass is 127. The fourth-order valence-corrected chi connectivity index (χ4v) is 4.42. The van der Waals surface area contributed by atoms with E-state index in [2.05, 4.69) is 32.6 Å². The van der Waals surface area contributed by atoms with Crippen LogP contribution in [0, 0.1) is 3.57 Å². The maximum atomic E-state index is 12.3. The molecule has 2 aromatic rings. The first-order valence-electron chi connectivity index (χ1n) is 6.08. The first kappa shape index (κ1) is 15.7. The fourth-order valence-electron chi connectivity index (χ4n) is 1.61. The smallest absolute Gasteiger partial charge is 0.271 e. The lowest BCUT2D eigenvalue weighted by Gasteiger charge is -2.06. The maximum absolute atomic E-state index is 12.3. The van der Waals surface area contributed by atoms with Crippen LogP contribution in [0.4, 0.5) is 5.69 Å². The molecule has 0 atom stereocenters. The third-order valence-electron chi connectivity index (χ3n) is 2.55. The van der Waals surface area contributed by atoms with E-state index >= 15 is 0 Å². The average molecular weight is 422 g/mol. The van der Waals surface area contributed by atoms with Crippen LogP contribution in [0.5, 0.6) is 0 Å². The summed E-state index contributed by atoms with van der Waals surface area (Å²) in [5, 5.41) is 5.04. The zero-order valence-corrected chi connectivity index (χ0v) is 14.7. The summed E-state index contributed by atoms with van der Waals surface area (Å²) in [7, 11) is -3.50. The van der Waals surface area contributed by atoms with Crippen LogP contribution >= 0.6 is 33.9 Å². The van der Waals surface area contributed by atoms with Crippen molar-refractivity contribution < 1.29 is 8.42 Å². The number of nitrogens with one attached hydrogen (secondary N) is 2. The maximum Gasteiger partial charge on any atom is 0.271 e. The lowest BCUT2D eigenvalue weighted by atomic mass is 10.3. The van der Waals surface area contributed by atoms with Crippen molar-refractivity contribution in [2.45, 2.75) is 17.7 Å². The van der Waals surface area contributed by atoms with E-state index in [1.165, 1.54) is 11.3 Å². The number of halogens is 1. The number of benzene rings is 1. The second kappa shape index (κ2) is 6.88. The quantitative estimate of drug-likeness (QED) is 0.703. The Hall–Kier alpha value is -0.640. The molecule has 108 valence electrons. The van der Waals surface area contributed by atoms with Crippen LogP contribution in [0.1, 0.15) is 12.5 Å². The molecule has 0 aliphatic heterocycles. The third kappa shape index (κ3) is 4.18. The minimum atomic E-state index is -3.50. The van der Waals surface area contributed by atoms with E-state index in [-0.39, 0.29) is 0 Å². The normalized spacial score (nSPS) is 11.5. The van der Waals surface area contributed by atoms with Gasteiger partial charge in [0.25, 0.3) is 10.0 Å². The van der Waals surface area contributed by atoms with Gasteiger partial charge in [0.05, 0.1) is 0 Å². The van der Waals surface area contributed by atoms with Gasteiger partial charge in [-0.2, -0.15) is 0 Å². The van der Waals surface area contributed by atoms with Gasteiger partial charge in [-0.3, -0.25) is 4.72 Å². The second-order valence-corrected chi connectivity index (χ2v) is 8.24. The van der Waals surface area contributed by atoms with Gasteiger partial charge in [0.1, 0.15) is 4.21 Å². The molecule has 4 nitrogen and oxygen atoms in total. The molecule has 2 rings (SSSR count). The number of hydrogen-bond acceptors (Lipinski definition) is 4. The van der Waals surface area contributed by atoms with Gasteiger partial charge in [0, 0.05) is 15.8 Å². The van der Waals surface area contributed by atoms with Gasteiger partial charge in [-0.15, -0.1) is 11.3 Å². The average Bonchev–Trinajstić information content (AvgIpc) is 2.85. The standard InChI is InChI=1S/C13H15IN2O2S2/c1-2-15-8-10-6-13(19-9-10)20(17,18)16-12-5-3-4-11(14)7-12/h3-7,9,15-16H,2,8H2,1H3. The fraction of sp³-hybridized carbons (Fsp3) is 0.231. The van der Waals surface area contributed by atoms with Crippen LogP contribution in [0.15, 0.2) is 39.9 Å². The molecule has 2 N–H and O–H groups in total. The SMILES string of the molecule is CCNCc1csc(S(=O)(=O)Nc2cccc(I)c2)c1. The van der Waals surface area contributed by atoms with Crippen molar-refractivity contribution in [3.8, 4) is 0 Å². The summed E-state index contributed by atoms with van der Waals surface area (Å²) in [6, 6.07) is 8.99. The summed E-state index contributed by atoms with van der Waals surface area (Å²) in [6.45, 7) is 3.56. The minimum Gasteiger partial charge on any atom is -0.313 e. The Kier molecular flexibility index (Phi) is 5.42. The van der Waals surface area contributed by atoms with Gasteiger partial charge in [0.15, 0.2) is 0 Å². The Morgan fingerprint density at radius 3 is 2.80 bits per heavy atom. The molecule has 0 amide bonds. The number of thiophene rings is 1. The highest BCUT2D eigenvalue weighted by Crippen LogP contribution is 2.23. The van der Waals surface area contributed by atoms with Crippen molar-refractivity contribution in [2.75, 3.05) is 11.3 Å². The van der Waals surface area contributed by atoms with Crippen LogP contribution in [0.25, 0.3) is 0 Å². The van der Waals surface area contributed by atoms with Crippen LogP contribution in [0.2, 0.25) is 0 Å². The molecule has 0 aliphatic rings. The van der Waals surface area contributed by atoms with E-state index < -0.39 is 10.0 Å². The number of anilines is 1. The van der Waals surface area contributed by atoms with E-state index in [0.29, 0.717) is 16.4 Å². The summed E-state index contributed by atoms with van der Waals surface area (Å²) in [5.41, 5.74) is 1.57. The number of sulfonamides is 1. The zero-order valence-electron chi connectivity index (χ0n) is 10.9. The van der Waals surface area contributed by atoms with Crippen molar-refractivity contribution in [1.82, 2.24) is 5.32 Å². The predicted molar refractivity (Wildman–Crippen MR) is 91.7 cm³/mol. The van der Waals surface area contributed by atoms with Gasteiger partial charge in [0.2, 0.25) is 0 Å². The van der Waals surface area contributed by atoms with E-state index in [0.717, 1.165) is 15.7 Å². The first-order valence-corrected chi connectivity index (χ1v) is 9.52. The van der Waals surface area contributed by atoms with Crippen molar-refractivity contribution in [3.05, 3.63) is 44.8 Å². The summed E-state index contributed by atoms with van der Waals surface area (Å²) < 4.78 is 28.5. The van der Waals surface area contributed by atoms with Crippen LogP contribution in [-0.2, 0) is 16.6 Å². The molecule has 0 aliphatic carbocycles. The van der Waals surface area contributed by atoms with Crippen molar-refractivity contribution in [3.63, 3.8) is 0 Å². The zero-order chi connectivity index (χ0) is 14.6. The second-order valence-electron chi connectivity index (χ2n) is 4.17. The first-order chi connectivity index (χ1) is 9.51. The summed E-state index contributed by atoms with van der Waals surface area (Å²) >= 11 is 3.39. The molecule has 0 spiro atoms. The van der Waals surface area contributed by atoms with Gasteiger partial charge in [-0.05, 0) is 64.3 Å². The Labute approximate surface area is 136 Å². The molecule has 7 heteroatoms. The van der Waals surface area contributed by atoms with Gasteiger partial charge in [-0.1, -0.05) is 13.0 Å². The lowest BCUT2D eigenvalue weighted by molar-refractivity contribution is 0.603.